The van der Waals surface area contributed by atoms with Crippen LogP contribution in [0, 0.1) is 0 Å². The maximum absolute atomic E-state index is 12.0. The first-order chi connectivity index (χ1) is 11.1. The summed E-state index contributed by atoms with van der Waals surface area (Å²) in [5, 5.41) is 2.24. The highest BCUT2D eigenvalue weighted by Crippen LogP contribution is 2.58. The summed E-state index contributed by atoms with van der Waals surface area (Å²) < 4.78 is 34.1. The summed E-state index contributed by atoms with van der Waals surface area (Å²) in [6.07, 6.45) is 2.72. The summed E-state index contributed by atoms with van der Waals surface area (Å²) in [7, 11) is -10.9. The molecule has 5 N–H and O–H groups in total. The minimum absolute atomic E-state index is 0.0860. The fourth-order valence-corrected chi connectivity index (χ4v) is 5.53. The number of hydrogen-bond acceptors (Lipinski definition) is 4. The van der Waals surface area contributed by atoms with Gasteiger partial charge >= 0.3 is 15.2 Å². The number of rotatable bonds is 11. The van der Waals surface area contributed by atoms with Crippen LogP contribution < -0.4 is 5.32 Å². The van der Waals surface area contributed by atoms with Gasteiger partial charge in [-0.15, -0.1) is 0 Å². The van der Waals surface area contributed by atoms with Crippen LogP contribution in [0.4, 0.5) is 0 Å². The summed E-state index contributed by atoms with van der Waals surface area (Å²) in [5.74, 6) is 0.533. The van der Waals surface area contributed by atoms with Crippen molar-refractivity contribution in [1.29, 1.82) is 0 Å². The number of unbranched alkanes of at least 4 members (excludes halogenated alkanes) is 3. The Morgan fingerprint density at radius 3 is 2.00 bits per heavy atom. The quantitative estimate of drug-likeness (QED) is 0.279. The van der Waals surface area contributed by atoms with Crippen molar-refractivity contribution in [2.45, 2.75) is 36.1 Å². The van der Waals surface area contributed by atoms with E-state index in [1.807, 2.05) is 30.3 Å². The second-order valence-electron chi connectivity index (χ2n) is 5.28. The molecule has 0 aromatic heterocycles. The van der Waals surface area contributed by atoms with Crippen LogP contribution in [0.25, 0.3) is 0 Å². The molecule has 0 heterocycles. The zero-order chi connectivity index (χ0) is 18.2. The first-order valence-corrected chi connectivity index (χ1v) is 12.1. The lowest BCUT2D eigenvalue weighted by Crippen LogP contribution is -2.29. The van der Waals surface area contributed by atoms with Crippen LogP contribution in [0.1, 0.15) is 25.7 Å². The topological polar surface area (TPSA) is 144 Å². The standard InChI is InChI=1S/C13H23NO7P2S/c15-22(16,17)13(23(18,19)20)14-10-6-1-2-7-11-24(21)12-8-4-3-5-9-12/h3-5,8-9,13-14H,1-2,6-7,10-11H2,(H2,15,16,17)(H2,18,19,20). The molecule has 0 saturated carbocycles. The molecule has 8 nitrogen and oxygen atoms in total. The third-order valence-corrected chi connectivity index (χ3v) is 8.13. The van der Waals surface area contributed by atoms with E-state index >= 15 is 0 Å². The fourth-order valence-electron chi connectivity index (χ4n) is 2.07. The van der Waals surface area contributed by atoms with Gasteiger partial charge in [0.2, 0.25) is 5.52 Å². The second kappa shape index (κ2) is 9.94. The molecule has 1 aromatic carbocycles. The van der Waals surface area contributed by atoms with Crippen LogP contribution in [0.5, 0.6) is 0 Å². The Morgan fingerprint density at radius 1 is 0.917 bits per heavy atom. The molecular weight excluding hydrogens is 376 g/mol. The predicted octanol–water partition coefficient (Wildman–Crippen LogP) is 1.58. The average Bonchev–Trinajstić information content (AvgIpc) is 2.48. The van der Waals surface area contributed by atoms with Gasteiger partial charge in [0, 0.05) is 10.6 Å². The summed E-state index contributed by atoms with van der Waals surface area (Å²) >= 11 is 0. The molecule has 0 saturated heterocycles. The van der Waals surface area contributed by atoms with Crippen molar-refractivity contribution in [1.82, 2.24) is 5.32 Å². The van der Waals surface area contributed by atoms with Crippen molar-refractivity contribution in [3.05, 3.63) is 30.3 Å². The molecule has 0 aliphatic heterocycles. The van der Waals surface area contributed by atoms with Crippen LogP contribution in [0.3, 0.4) is 0 Å². The molecule has 1 atom stereocenters. The van der Waals surface area contributed by atoms with E-state index in [4.69, 9.17) is 19.6 Å². The molecule has 1 rings (SSSR count). The third-order valence-electron chi connectivity index (χ3n) is 3.23. The van der Waals surface area contributed by atoms with Crippen molar-refractivity contribution < 1.29 is 32.9 Å². The van der Waals surface area contributed by atoms with Gasteiger partial charge in [-0.3, -0.25) is 18.7 Å². The van der Waals surface area contributed by atoms with E-state index in [9.17, 15) is 13.3 Å². The molecule has 11 heteroatoms. The molecule has 0 amide bonds. The van der Waals surface area contributed by atoms with Gasteiger partial charge in [0.15, 0.2) is 0 Å². The minimum Gasteiger partial charge on any atom is -0.323 e. The van der Waals surface area contributed by atoms with Gasteiger partial charge in [-0.2, -0.15) is 0 Å². The Labute approximate surface area is 143 Å². The van der Waals surface area contributed by atoms with Gasteiger partial charge in [-0.1, -0.05) is 31.0 Å². The summed E-state index contributed by atoms with van der Waals surface area (Å²) in [4.78, 5) is 36.6. The number of hydrogen-bond donors (Lipinski definition) is 5. The van der Waals surface area contributed by atoms with Gasteiger partial charge in [-0.05, 0) is 31.5 Å². The molecule has 0 bridgehead atoms. The zero-order valence-electron chi connectivity index (χ0n) is 13.0. The van der Waals surface area contributed by atoms with Crippen molar-refractivity contribution in [2.24, 2.45) is 0 Å². The zero-order valence-corrected chi connectivity index (χ0v) is 15.6. The molecule has 0 radical (unpaired) electrons. The summed E-state index contributed by atoms with van der Waals surface area (Å²) in [5.41, 5.74) is -2.16. The molecule has 1 aromatic rings. The van der Waals surface area contributed by atoms with Crippen LogP contribution in [-0.4, -0.2) is 41.6 Å². The van der Waals surface area contributed by atoms with Crippen LogP contribution in [0.15, 0.2) is 35.2 Å². The Morgan fingerprint density at radius 2 is 1.46 bits per heavy atom. The molecule has 0 fully saturated rings. The van der Waals surface area contributed by atoms with E-state index in [-0.39, 0.29) is 6.54 Å². The lowest BCUT2D eigenvalue weighted by molar-refractivity contribution is 0.327. The maximum atomic E-state index is 12.0. The highest BCUT2D eigenvalue weighted by Gasteiger charge is 2.42. The lowest BCUT2D eigenvalue weighted by Gasteiger charge is -2.20. The van der Waals surface area contributed by atoms with E-state index < -0.39 is 31.5 Å². The maximum Gasteiger partial charge on any atom is 0.354 e. The molecule has 138 valence electrons. The summed E-state index contributed by atoms with van der Waals surface area (Å²) in [6.45, 7) is 0.0860. The van der Waals surface area contributed by atoms with Gasteiger partial charge in [0.05, 0.1) is 10.8 Å². The van der Waals surface area contributed by atoms with Gasteiger partial charge in [0.1, 0.15) is 0 Å². The van der Waals surface area contributed by atoms with Gasteiger partial charge < -0.3 is 19.6 Å². The minimum atomic E-state index is -4.92. The highest BCUT2D eigenvalue weighted by atomic mass is 32.2. The average molecular weight is 399 g/mol. The fraction of sp³-hybridized carbons (Fsp3) is 0.538. The van der Waals surface area contributed by atoms with Gasteiger partial charge in [0.25, 0.3) is 0 Å². The Bertz CT molecular complexity index is 594. The van der Waals surface area contributed by atoms with Crippen molar-refractivity contribution in [3.63, 3.8) is 0 Å². The number of nitrogens with one attached hydrogen (secondary N) is 1. The Hall–Kier alpha value is -0.370. The number of benzene rings is 1. The van der Waals surface area contributed by atoms with E-state index in [2.05, 4.69) is 5.32 Å². The first kappa shape index (κ1) is 21.7. The van der Waals surface area contributed by atoms with Crippen LogP contribution >= 0.6 is 15.2 Å². The predicted molar refractivity (Wildman–Crippen MR) is 92.1 cm³/mol. The van der Waals surface area contributed by atoms with Gasteiger partial charge in [-0.25, -0.2) is 0 Å². The molecule has 1 unspecified atom stereocenters. The van der Waals surface area contributed by atoms with Crippen molar-refractivity contribution in [3.8, 4) is 0 Å². The summed E-state index contributed by atoms with van der Waals surface area (Å²) in [6, 6.07) is 9.14. The SMILES string of the molecule is O=S(CCCCCCNC(P(=O)(O)O)P(=O)(O)O)c1ccccc1. The first-order valence-electron chi connectivity index (χ1n) is 7.39. The largest absolute Gasteiger partial charge is 0.354 e. The Balaban J connectivity index is 2.21. The molecule has 0 spiro atoms. The van der Waals surface area contributed by atoms with Crippen LogP contribution in [-0.2, 0) is 19.9 Å². The van der Waals surface area contributed by atoms with E-state index in [1.165, 1.54) is 0 Å². The lowest BCUT2D eigenvalue weighted by atomic mass is 10.2. The second-order valence-corrected chi connectivity index (χ2v) is 10.7. The van der Waals surface area contributed by atoms with E-state index in [0.717, 1.165) is 17.7 Å². The van der Waals surface area contributed by atoms with Crippen molar-refractivity contribution >= 4 is 26.0 Å². The molecule has 24 heavy (non-hydrogen) atoms. The highest BCUT2D eigenvalue weighted by molar-refractivity contribution is 7.85. The van der Waals surface area contributed by atoms with Crippen molar-refractivity contribution in [2.75, 3.05) is 12.3 Å². The Kier molecular flexibility index (Phi) is 8.98. The smallest absolute Gasteiger partial charge is 0.323 e. The molecular formula is C13H23NO7P2S. The van der Waals surface area contributed by atoms with Crippen LogP contribution in [0.2, 0.25) is 0 Å². The normalized spacial score (nSPS) is 14.0. The molecule has 0 aliphatic rings. The monoisotopic (exact) mass is 399 g/mol. The van der Waals surface area contributed by atoms with E-state index in [0.29, 0.717) is 18.6 Å². The van der Waals surface area contributed by atoms with E-state index in [1.54, 1.807) is 0 Å². The third kappa shape index (κ3) is 8.14. The molecule has 0 aliphatic carbocycles.